The molecule has 3 radical (unpaired) electrons. The van der Waals surface area contributed by atoms with Crippen molar-refractivity contribution in [1.29, 1.82) is 0 Å². The van der Waals surface area contributed by atoms with Gasteiger partial charge in [0.05, 0.1) is 6.61 Å². The predicted molar refractivity (Wildman–Crippen MR) is 49.9 cm³/mol. The summed E-state index contributed by atoms with van der Waals surface area (Å²) in [6.07, 6.45) is 0.824. The van der Waals surface area contributed by atoms with E-state index >= 15 is 0 Å². The third-order valence-electron chi connectivity index (χ3n) is 1.50. The maximum Gasteiger partial charge on any atom is 0.246 e. The van der Waals surface area contributed by atoms with Gasteiger partial charge in [-0.05, 0) is 24.3 Å². The molecule has 4 heteroatoms. The minimum atomic E-state index is 0.246. The third-order valence-corrected chi connectivity index (χ3v) is 1.70. The first-order valence-corrected chi connectivity index (χ1v) is 4.44. The standard InChI is InChI=1S/C9H11O3Si/c10-8-2-4-9(5-3-8)11-6-1-7-12-13/h2-5,10H,1,6-7H2. The van der Waals surface area contributed by atoms with Gasteiger partial charge in [0.15, 0.2) is 0 Å². The number of ether oxygens (including phenoxy) is 1. The molecule has 69 valence electrons. The third kappa shape index (κ3) is 3.96. The van der Waals surface area contributed by atoms with E-state index in [2.05, 4.69) is 14.9 Å². The maximum atomic E-state index is 8.98. The minimum Gasteiger partial charge on any atom is -0.508 e. The van der Waals surface area contributed by atoms with Crippen LogP contribution in [0.4, 0.5) is 0 Å². The molecule has 1 aromatic rings. The van der Waals surface area contributed by atoms with Gasteiger partial charge in [0.25, 0.3) is 0 Å². The monoisotopic (exact) mass is 195 g/mol. The summed E-state index contributed by atoms with van der Waals surface area (Å²) in [5.74, 6) is 1.00. The number of aromatic hydroxyl groups is 1. The Morgan fingerprint density at radius 1 is 1.15 bits per heavy atom. The Kier molecular flexibility index (Phi) is 4.35. The number of benzene rings is 1. The fourth-order valence-corrected chi connectivity index (χ4v) is 1.01. The lowest BCUT2D eigenvalue weighted by atomic mass is 10.3. The van der Waals surface area contributed by atoms with E-state index < -0.39 is 0 Å². The van der Waals surface area contributed by atoms with Gasteiger partial charge in [-0.3, -0.25) is 0 Å². The van der Waals surface area contributed by atoms with Crippen LogP contribution in [0.15, 0.2) is 24.3 Å². The molecule has 0 aromatic heterocycles. The average Bonchev–Trinajstić information content (AvgIpc) is 2.15. The van der Waals surface area contributed by atoms with Crippen LogP contribution in [0.25, 0.3) is 0 Å². The van der Waals surface area contributed by atoms with Crippen molar-refractivity contribution in [1.82, 2.24) is 0 Å². The largest absolute Gasteiger partial charge is 0.508 e. The highest BCUT2D eigenvalue weighted by Gasteiger charge is 1.93. The van der Waals surface area contributed by atoms with Gasteiger partial charge in [0.2, 0.25) is 10.5 Å². The summed E-state index contributed by atoms with van der Waals surface area (Å²) in [4.78, 5) is 0. The van der Waals surface area contributed by atoms with Gasteiger partial charge < -0.3 is 14.3 Å². The van der Waals surface area contributed by atoms with Crippen LogP contribution in [0.3, 0.4) is 0 Å². The van der Waals surface area contributed by atoms with Crippen molar-refractivity contribution in [3.8, 4) is 11.5 Å². The molecule has 0 aliphatic rings. The predicted octanol–water partition coefficient (Wildman–Crippen LogP) is 1.26. The van der Waals surface area contributed by atoms with Gasteiger partial charge in [-0.2, -0.15) is 0 Å². The van der Waals surface area contributed by atoms with E-state index in [0.717, 1.165) is 12.2 Å². The normalized spacial score (nSPS) is 9.92. The van der Waals surface area contributed by atoms with E-state index in [-0.39, 0.29) is 5.75 Å². The van der Waals surface area contributed by atoms with Crippen LogP contribution in [0, 0.1) is 0 Å². The van der Waals surface area contributed by atoms with Gasteiger partial charge >= 0.3 is 0 Å². The van der Waals surface area contributed by atoms with Crippen molar-refractivity contribution in [2.24, 2.45) is 0 Å². The molecule has 1 aromatic carbocycles. The Hall–Kier alpha value is -1.00. The SMILES string of the molecule is Oc1ccc(OCCCO[Si])cc1. The van der Waals surface area contributed by atoms with Crippen LogP contribution < -0.4 is 4.74 Å². The molecule has 0 amide bonds. The Morgan fingerprint density at radius 2 is 1.85 bits per heavy atom. The number of phenols is 1. The van der Waals surface area contributed by atoms with Gasteiger partial charge in [-0.15, -0.1) is 0 Å². The Balaban J connectivity index is 2.25. The summed E-state index contributed by atoms with van der Waals surface area (Å²) in [5.41, 5.74) is 0. The molecule has 0 saturated heterocycles. The van der Waals surface area contributed by atoms with Crippen molar-refractivity contribution in [3.63, 3.8) is 0 Å². The van der Waals surface area contributed by atoms with E-state index in [9.17, 15) is 0 Å². The van der Waals surface area contributed by atoms with Crippen LogP contribution in [0.5, 0.6) is 11.5 Å². The molecule has 0 unspecified atom stereocenters. The zero-order valence-electron chi connectivity index (χ0n) is 7.19. The first-order valence-electron chi connectivity index (χ1n) is 4.03. The van der Waals surface area contributed by atoms with Crippen molar-refractivity contribution >= 4 is 10.5 Å². The van der Waals surface area contributed by atoms with Crippen LogP contribution >= 0.6 is 0 Å². The first kappa shape index (κ1) is 10.1. The van der Waals surface area contributed by atoms with Crippen LogP contribution in [-0.4, -0.2) is 28.8 Å². The summed E-state index contributed by atoms with van der Waals surface area (Å²) in [5, 5.41) is 8.98. The molecule has 1 rings (SSSR count). The fourth-order valence-electron chi connectivity index (χ4n) is 0.863. The molecule has 0 aliphatic heterocycles. The van der Waals surface area contributed by atoms with Crippen molar-refractivity contribution in [3.05, 3.63) is 24.3 Å². The van der Waals surface area contributed by atoms with Crippen LogP contribution in [0.1, 0.15) is 6.42 Å². The van der Waals surface area contributed by atoms with E-state index in [0.29, 0.717) is 13.2 Å². The molecule has 0 bridgehead atoms. The van der Waals surface area contributed by atoms with Crippen LogP contribution in [0.2, 0.25) is 0 Å². The molecular formula is C9H11O3Si. The lowest BCUT2D eigenvalue weighted by molar-refractivity contribution is 0.258. The van der Waals surface area contributed by atoms with E-state index in [4.69, 9.17) is 9.84 Å². The number of rotatable bonds is 5. The molecule has 0 saturated carbocycles. The molecule has 3 nitrogen and oxygen atoms in total. The van der Waals surface area contributed by atoms with E-state index in [1.807, 2.05) is 0 Å². The zero-order valence-corrected chi connectivity index (χ0v) is 8.19. The second kappa shape index (κ2) is 5.61. The number of hydrogen-bond acceptors (Lipinski definition) is 3. The number of phenolic OH excluding ortho intramolecular Hbond substituents is 1. The Bertz CT molecular complexity index is 235. The summed E-state index contributed by atoms with van der Waals surface area (Å²) in [6.45, 7) is 1.23. The fraction of sp³-hybridized carbons (Fsp3) is 0.333. The highest BCUT2D eigenvalue weighted by atomic mass is 28.2. The second-order valence-corrected chi connectivity index (χ2v) is 2.83. The summed E-state index contributed by atoms with van der Waals surface area (Å²) in [7, 11) is 2.90. The van der Waals surface area contributed by atoms with E-state index in [1.54, 1.807) is 24.3 Å². The topological polar surface area (TPSA) is 38.7 Å². The quantitative estimate of drug-likeness (QED) is 0.568. The Morgan fingerprint density at radius 3 is 2.46 bits per heavy atom. The van der Waals surface area contributed by atoms with Crippen molar-refractivity contribution in [2.45, 2.75) is 6.42 Å². The Labute approximate surface area is 80.8 Å². The van der Waals surface area contributed by atoms with Gasteiger partial charge in [0.1, 0.15) is 11.5 Å². The van der Waals surface area contributed by atoms with Gasteiger partial charge in [-0.25, -0.2) is 0 Å². The molecule has 0 fully saturated rings. The zero-order chi connectivity index (χ0) is 9.52. The van der Waals surface area contributed by atoms with Gasteiger partial charge in [-0.1, -0.05) is 0 Å². The molecular weight excluding hydrogens is 184 g/mol. The molecule has 0 aliphatic carbocycles. The first-order chi connectivity index (χ1) is 6.33. The minimum absolute atomic E-state index is 0.246. The van der Waals surface area contributed by atoms with Gasteiger partial charge in [0, 0.05) is 13.0 Å². The summed E-state index contributed by atoms with van der Waals surface area (Å²) in [6, 6.07) is 6.64. The number of hydrogen-bond donors (Lipinski definition) is 1. The van der Waals surface area contributed by atoms with Crippen LogP contribution in [-0.2, 0) is 4.43 Å². The second-order valence-electron chi connectivity index (χ2n) is 2.54. The summed E-state index contributed by atoms with van der Waals surface area (Å²) < 4.78 is 10.0. The smallest absolute Gasteiger partial charge is 0.246 e. The molecule has 1 N–H and O–H groups in total. The van der Waals surface area contributed by atoms with Crippen molar-refractivity contribution in [2.75, 3.05) is 13.2 Å². The molecule has 13 heavy (non-hydrogen) atoms. The highest BCUT2D eigenvalue weighted by Crippen LogP contribution is 2.15. The van der Waals surface area contributed by atoms with E-state index in [1.165, 1.54) is 0 Å². The highest BCUT2D eigenvalue weighted by molar-refractivity contribution is 5.97. The molecule has 0 atom stereocenters. The molecule has 0 heterocycles. The maximum absolute atomic E-state index is 8.98. The summed E-state index contributed by atoms with van der Waals surface area (Å²) >= 11 is 0. The lowest BCUT2D eigenvalue weighted by Gasteiger charge is -2.05. The lowest BCUT2D eigenvalue weighted by Crippen LogP contribution is -2.01. The average molecular weight is 195 g/mol. The van der Waals surface area contributed by atoms with Crippen molar-refractivity contribution < 1.29 is 14.3 Å². The molecule has 0 spiro atoms.